The molecule has 2 fully saturated rings. The standard InChI is InChI=1S/C18H22N4O5/c1-26-14-9-12(5-6-13(14)27-11-15(19)23)10-20-22-16(24)18(21-17(22)25)7-3-2-4-8-18/h5-6,9-10H,2-4,7-8,11H2,1H3,(H2,19,23)(H,21,25)/b20-10-. The van der Waals surface area contributed by atoms with Gasteiger partial charge in [0, 0.05) is 0 Å². The molecule has 0 radical (unpaired) electrons. The predicted molar refractivity (Wildman–Crippen MR) is 96.5 cm³/mol. The summed E-state index contributed by atoms with van der Waals surface area (Å²) >= 11 is 0. The minimum absolute atomic E-state index is 0.270. The normalized spacial score (nSPS) is 18.8. The molecule has 3 rings (SSSR count). The monoisotopic (exact) mass is 374 g/mol. The van der Waals surface area contributed by atoms with Gasteiger partial charge in [-0.15, -0.1) is 5.01 Å². The molecule has 1 aliphatic carbocycles. The van der Waals surface area contributed by atoms with Crippen molar-refractivity contribution in [1.82, 2.24) is 10.3 Å². The molecule has 0 bridgehead atoms. The number of urea groups is 1. The van der Waals surface area contributed by atoms with Crippen LogP contribution in [0.25, 0.3) is 0 Å². The molecule has 4 amide bonds. The minimum atomic E-state index is -0.809. The number of carbonyl (C=O) groups is 3. The molecule has 1 saturated carbocycles. The number of hydrazone groups is 1. The van der Waals surface area contributed by atoms with Gasteiger partial charge in [-0.05, 0) is 36.6 Å². The average Bonchev–Trinajstić information content (AvgIpc) is 2.88. The first-order valence-electron chi connectivity index (χ1n) is 8.75. The molecule has 1 spiro atoms. The number of hydrogen-bond acceptors (Lipinski definition) is 6. The summed E-state index contributed by atoms with van der Waals surface area (Å²) in [4.78, 5) is 35.7. The lowest BCUT2D eigenvalue weighted by Crippen LogP contribution is -2.48. The van der Waals surface area contributed by atoms with Gasteiger partial charge < -0.3 is 20.5 Å². The number of imide groups is 1. The molecule has 1 aromatic rings. The number of nitrogens with one attached hydrogen (secondary N) is 1. The van der Waals surface area contributed by atoms with Crippen LogP contribution in [0, 0.1) is 0 Å². The maximum Gasteiger partial charge on any atom is 0.346 e. The summed E-state index contributed by atoms with van der Waals surface area (Å²) in [5, 5.41) is 7.74. The van der Waals surface area contributed by atoms with E-state index in [0.717, 1.165) is 24.3 Å². The zero-order valence-corrected chi connectivity index (χ0v) is 15.1. The van der Waals surface area contributed by atoms with E-state index in [1.807, 2.05) is 0 Å². The largest absolute Gasteiger partial charge is 0.493 e. The van der Waals surface area contributed by atoms with E-state index < -0.39 is 17.5 Å². The van der Waals surface area contributed by atoms with E-state index in [-0.39, 0.29) is 12.5 Å². The zero-order chi connectivity index (χ0) is 19.4. The highest BCUT2D eigenvalue weighted by molar-refractivity contribution is 6.07. The fourth-order valence-corrected chi connectivity index (χ4v) is 3.36. The van der Waals surface area contributed by atoms with E-state index in [9.17, 15) is 14.4 Å². The second kappa shape index (κ2) is 7.65. The van der Waals surface area contributed by atoms with E-state index >= 15 is 0 Å². The molecule has 27 heavy (non-hydrogen) atoms. The molecular formula is C18H22N4O5. The quantitative estimate of drug-likeness (QED) is 0.571. The Morgan fingerprint density at radius 1 is 1.30 bits per heavy atom. The van der Waals surface area contributed by atoms with Crippen LogP contribution < -0.4 is 20.5 Å². The first-order valence-corrected chi connectivity index (χ1v) is 8.75. The van der Waals surface area contributed by atoms with Crippen LogP contribution in [0.2, 0.25) is 0 Å². The predicted octanol–water partition coefficient (Wildman–Crippen LogP) is 1.15. The number of benzene rings is 1. The Bertz CT molecular complexity index is 786. The summed E-state index contributed by atoms with van der Waals surface area (Å²) in [7, 11) is 1.46. The van der Waals surface area contributed by atoms with Crippen molar-refractivity contribution in [2.45, 2.75) is 37.6 Å². The molecule has 1 aromatic carbocycles. The highest BCUT2D eigenvalue weighted by atomic mass is 16.5. The summed E-state index contributed by atoms with van der Waals surface area (Å²) in [5.74, 6) is -0.180. The van der Waals surface area contributed by atoms with E-state index in [1.165, 1.54) is 13.3 Å². The average molecular weight is 374 g/mol. The summed E-state index contributed by atoms with van der Waals surface area (Å²) in [5.41, 5.74) is 4.85. The van der Waals surface area contributed by atoms with Gasteiger partial charge >= 0.3 is 6.03 Å². The first-order chi connectivity index (χ1) is 12.9. The second-order valence-electron chi connectivity index (χ2n) is 6.60. The number of amides is 4. The van der Waals surface area contributed by atoms with Crippen molar-refractivity contribution in [3.8, 4) is 11.5 Å². The number of hydrogen-bond donors (Lipinski definition) is 2. The van der Waals surface area contributed by atoms with Gasteiger partial charge in [0.15, 0.2) is 18.1 Å². The van der Waals surface area contributed by atoms with Gasteiger partial charge in [-0.25, -0.2) is 4.79 Å². The van der Waals surface area contributed by atoms with Crippen LogP contribution in [0.15, 0.2) is 23.3 Å². The van der Waals surface area contributed by atoms with Crippen LogP contribution in [-0.2, 0) is 9.59 Å². The van der Waals surface area contributed by atoms with Gasteiger partial charge in [-0.2, -0.15) is 5.10 Å². The molecule has 1 heterocycles. The van der Waals surface area contributed by atoms with Crippen molar-refractivity contribution in [2.75, 3.05) is 13.7 Å². The fraction of sp³-hybridized carbons (Fsp3) is 0.444. The Balaban J connectivity index is 1.74. The SMILES string of the molecule is COc1cc(/C=N\N2C(=O)NC3(CCCCC3)C2=O)ccc1OCC(N)=O. The van der Waals surface area contributed by atoms with Crippen LogP contribution >= 0.6 is 0 Å². The number of ether oxygens (including phenoxy) is 2. The smallest absolute Gasteiger partial charge is 0.346 e. The van der Waals surface area contributed by atoms with Crippen LogP contribution in [0.5, 0.6) is 11.5 Å². The van der Waals surface area contributed by atoms with E-state index in [4.69, 9.17) is 15.2 Å². The lowest BCUT2D eigenvalue weighted by molar-refractivity contribution is -0.132. The number of primary amides is 1. The molecule has 9 nitrogen and oxygen atoms in total. The molecule has 144 valence electrons. The first kappa shape index (κ1) is 18.7. The van der Waals surface area contributed by atoms with E-state index in [2.05, 4.69) is 10.4 Å². The van der Waals surface area contributed by atoms with Gasteiger partial charge in [0.1, 0.15) is 5.54 Å². The van der Waals surface area contributed by atoms with Crippen molar-refractivity contribution < 1.29 is 23.9 Å². The minimum Gasteiger partial charge on any atom is -0.493 e. The molecule has 0 unspecified atom stereocenters. The molecular weight excluding hydrogens is 352 g/mol. The number of nitrogens with two attached hydrogens (primary N) is 1. The van der Waals surface area contributed by atoms with Gasteiger partial charge in [0.25, 0.3) is 11.8 Å². The van der Waals surface area contributed by atoms with Gasteiger partial charge in [-0.3, -0.25) is 9.59 Å². The Labute approximate surface area is 156 Å². The van der Waals surface area contributed by atoms with E-state index in [1.54, 1.807) is 18.2 Å². The molecule has 9 heteroatoms. The van der Waals surface area contributed by atoms with E-state index in [0.29, 0.717) is 29.9 Å². The van der Waals surface area contributed by atoms with Crippen LogP contribution in [0.4, 0.5) is 4.79 Å². The topological polar surface area (TPSA) is 123 Å². The van der Waals surface area contributed by atoms with Gasteiger partial charge in [-0.1, -0.05) is 19.3 Å². The van der Waals surface area contributed by atoms with Gasteiger partial charge in [0.05, 0.1) is 13.3 Å². The number of methoxy groups -OCH3 is 1. The van der Waals surface area contributed by atoms with Crippen molar-refractivity contribution in [2.24, 2.45) is 10.8 Å². The van der Waals surface area contributed by atoms with Gasteiger partial charge in [0.2, 0.25) is 0 Å². The Morgan fingerprint density at radius 3 is 2.70 bits per heavy atom. The van der Waals surface area contributed by atoms with Crippen molar-refractivity contribution in [1.29, 1.82) is 0 Å². The zero-order valence-electron chi connectivity index (χ0n) is 15.1. The fourth-order valence-electron chi connectivity index (χ4n) is 3.36. The van der Waals surface area contributed by atoms with Crippen molar-refractivity contribution in [3.63, 3.8) is 0 Å². The molecule has 1 aliphatic heterocycles. The summed E-state index contributed by atoms with van der Waals surface area (Å²) in [6.07, 6.45) is 5.57. The highest BCUT2D eigenvalue weighted by Crippen LogP contribution is 2.34. The lowest BCUT2D eigenvalue weighted by Gasteiger charge is -2.29. The van der Waals surface area contributed by atoms with Crippen molar-refractivity contribution >= 4 is 24.1 Å². The highest BCUT2D eigenvalue weighted by Gasteiger charge is 2.51. The lowest BCUT2D eigenvalue weighted by atomic mass is 9.82. The number of nitrogens with zero attached hydrogens (tertiary/aromatic N) is 2. The van der Waals surface area contributed by atoms with Crippen LogP contribution in [-0.4, -0.2) is 48.3 Å². The third kappa shape index (κ3) is 3.86. The van der Waals surface area contributed by atoms with Crippen LogP contribution in [0.1, 0.15) is 37.7 Å². The number of rotatable bonds is 6. The van der Waals surface area contributed by atoms with Crippen molar-refractivity contribution in [3.05, 3.63) is 23.8 Å². The Hall–Kier alpha value is -3.10. The molecule has 0 aromatic heterocycles. The third-order valence-electron chi connectivity index (χ3n) is 4.73. The summed E-state index contributed by atoms with van der Waals surface area (Å²) in [6, 6.07) is 4.37. The molecule has 1 saturated heterocycles. The molecule has 0 atom stereocenters. The second-order valence-corrected chi connectivity index (χ2v) is 6.60. The summed E-state index contributed by atoms with van der Waals surface area (Å²) in [6.45, 7) is -0.270. The molecule has 2 aliphatic rings. The Kier molecular flexibility index (Phi) is 5.29. The van der Waals surface area contributed by atoms with Crippen LogP contribution in [0.3, 0.4) is 0 Å². The maximum atomic E-state index is 12.7. The third-order valence-corrected chi connectivity index (χ3v) is 4.73. The summed E-state index contributed by atoms with van der Waals surface area (Å²) < 4.78 is 10.5. The molecule has 3 N–H and O–H groups in total. The number of carbonyl (C=O) groups excluding carboxylic acids is 3. The maximum absolute atomic E-state index is 12.7. The Morgan fingerprint density at radius 2 is 2.04 bits per heavy atom.